The summed E-state index contributed by atoms with van der Waals surface area (Å²) in [7, 11) is 0. The Morgan fingerprint density at radius 3 is 2.33 bits per heavy atom. The van der Waals surface area contributed by atoms with Crippen LogP contribution in [0.4, 0.5) is 19.0 Å². The third kappa shape index (κ3) is 4.54. The van der Waals surface area contributed by atoms with Crippen LogP contribution in [-0.2, 0) is 15.6 Å². The van der Waals surface area contributed by atoms with Crippen LogP contribution < -0.4 is 4.90 Å². The largest absolute Gasteiger partial charge is 0.339 e. The molecule has 6 aliphatic rings. The van der Waals surface area contributed by atoms with Crippen LogP contribution in [0.3, 0.4) is 0 Å². The van der Waals surface area contributed by atoms with E-state index in [2.05, 4.69) is 36.0 Å². The Bertz CT molecular complexity index is 1480. The summed E-state index contributed by atoms with van der Waals surface area (Å²) in [6, 6.07) is 3.51. The van der Waals surface area contributed by atoms with Gasteiger partial charge in [-0.25, -0.2) is 14.1 Å². The van der Waals surface area contributed by atoms with E-state index in [1.807, 2.05) is 0 Å². The molecule has 0 unspecified atom stereocenters. The molecule has 3 aromatic heterocycles. The highest BCUT2D eigenvalue weighted by Crippen LogP contribution is 2.71. The molecule has 0 aromatic carbocycles. The first-order valence-electron chi connectivity index (χ1n) is 14.9. The standard InChI is InChI=1S/C31H37F3N6O2/c1-27(2,3)25-37-24(38-42-25)30-8-5-28(6-9-30,7-10-30)19-39(23(41)13-29-16-31(34,17-29)18-29)22-12-20(4-11-35-22)21-14-36-40(15-21)26(32)33/h4,11-12,14-15,26H,5-10,13,16-19H2,1-3H3. The summed E-state index contributed by atoms with van der Waals surface area (Å²) in [5.74, 6) is 1.90. The zero-order valence-electron chi connectivity index (χ0n) is 24.4. The second-order valence-electron chi connectivity index (χ2n) is 14.7. The summed E-state index contributed by atoms with van der Waals surface area (Å²) >= 11 is 0. The lowest BCUT2D eigenvalue weighted by atomic mass is 9.41. The van der Waals surface area contributed by atoms with E-state index in [-0.39, 0.29) is 27.6 Å². The van der Waals surface area contributed by atoms with Crippen molar-refractivity contribution in [2.75, 3.05) is 11.4 Å². The van der Waals surface area contributed by atoms with Crippen molar-refractivity contribution in [3.8, 4) is 11.1 Å². The fourth-order valence-corrected chi connectivity index (χ4v) is 8.02. The maximum atomic E-state index is 14.3. The average Bonchev–Trinajstić information content (AvgIpc) is 3.63. The van der Waals surface area contributed by atoms with E-state index in [9.17, 15) is 18.0 Å². The number of carbonyl (C=O) groups is 1. The van der Waals surface area contributed by atoms with Crippen LogP contribution in [0.2, 0.25) is 0 Å². The average molecular weight is 583 g/mol. The number of hydrogen-bond donors (Lipinski definition) is 0. The van der Waals surface area contributed by atoms with Crippen LogP contribution >= 0.6 is 0 Å². The van der Waals surface area contributed by atoms with Crippen LogP contribution in [0.25, 0.3) is 11.1 Å². The van der Waals surface area contributed by atoms with E-state index in [0.29, 0.717) is 59.7 Å². The number of nitrogens with zero attached hydrogens (tertiary/aromatic N) is 6. The van der Waals surface area contributed by atoms with Gasteiger partial charge in [-0.2, -0.15) is 18.9 Å². The number of hydrogen-bond acceptors (Lipinski definition) is 6. The minimum absolute atomic E-state index is 0.0468. The summed E-state index contributed by atoms with van der Waals surface area (Å²) in [6.07, 6.45) is 11.5. The molecule has 6 fully saturated rings. The first-order valence-corrected chi connectivity index (χ1v) is 14.9. The summed E-state index contributed by atoms with van der Waals surface area (Å²) in [6.45, 7) is 3.98. The Balaban J connectivity index is 1.14. The van der Waals surface area contributed by atoms with Gasteiger partial charge in [-0.3, -0.25) is 9.69 Å². The molecule has 0 aliphatic heterocycles. The van der Waals surface area contributed by atoms with E-state index in [1.165, 1.54) is 12.4 Å². The molecule has 42 heavy (non-hydrogen) atoms. The highest BCUT2D eigenvalue weighted by molar-refractivity contribution is 5.94. The number of fused-ring (bicyclic) bond motifs is 3. The predicted octanol–water partition coefficient (Wildman–Crippen LogP) is 6.93. The lowest BCUT2D eigenvalue weighted by Gasteiger charge is -2.66. The van der Waals surface area contributed by atoms with Crippen molar-refractivity contribution in [3.05, 3.63) is 42.4 Å². The first-order chi connectivity index (χ1) is 19.8. The number of alkyl halides is 3. The molecule has 6 saturated carbocycles. The van der Waals surface area contributed by atoms with E-state index in [1.54, 1.807) is 23.2 Å². The van der Waals surface area contributed by atoms with Crippen LogP contribution in [0.5, 0.6) is 0 Å². The van der Waals surface area contributed by atoms with Crippen LogP contribution in [0.1, 0.15) is 103 Å². The summed E-state index contributed by atoms with van der Waals surface area (Å²) in [4.78, 5) is 25.1. The fourth-order valence-electron chi connectivity index (χ4n) is 8.02. The molecular formula is C31H37F3N6O2. The molecule has 0 saturated heterocycles. The van der Waals surface area contributed by atoms with Gasteiger partial charge in [0.25, 0.3) is 0 Å². The van der Waals surface area contributed by atoms with Gasteiger partial charge in [-0.15, -0.1) is 0 Å². The molecule has 3 heterocycles. The van der Waals surface area contributed by atoms with Gasteiger partial charge < -0.3 is 4.52 Å². The van der Waals surface area contributed by atoms with Gasteiger partial charge in [0.1, 0.15) is 11.5 Å². The van der Waals surface area contributed by atoms with Crippen molar-refractivity contribution in [2.45, 2.75) is 108 Å². The number of anilines is 1. The van der Waals surface area contributed by atoms with E-state index in [0.717, 1.165) is 44.3 Å². The monoisotopic (exact) mass is 582 g/mol. The Kier molecular flexibility index (Phi) is 6.00. The van der Waals surface area contributed by atoms with E-state index >= 15 is 0 Å². The van der Waals surface area contributed by atoms with Crippen LogP contribution in [0, 0.1) is 10.8 Å². The number of carbonyl (C=O) groups excluding carboxylic acids is 1. The quantitative estimate of drug-likeness (QED) is 0.286. The Morgan fingerprint density at radius 1 is 1.07 bits per heavy atom. The van der Waals surface area contributed by atoms with Crippen molar-refractivity contribution < 1.29 is 22.5 Å². The molecule has 9 rings (SSSR count). The van der Waals surface area contributed by atoms with Crippen molar-refractivity contribution in [1.82, 2.24) is 24.9 Å². The molecule has 4 bridgehead atoms. The zero-order valence-corrected chi connectivity index (χ0v) is 24.4. The van der Waals surface area contributed by atoms with Gasteiger partial charge in [-0.1, -0.05) is 25.9 Å². The molecule has 6 aliphatic carbocycles. The third-order valence-electron chi connectivity index (χ3n) is 10.5. The van der Waals surface area contributed by atoms with Gasteiger partial charge in [0.2, 0.25) is 11.8 Å². The highest BCUT2D eigenvalue weighted by Gasteiger charge is 2.69. The zero-order chi connectivity index (χ0) is 29.5. The first kappa shape index (κ1) is 27.6. The molecule has 3 aromatic rings. The molecule has 0 radical (unpaired) electrons. The maximum absolute atomic E-state index is 14.3. The lowest BCUT2D eigenvalue weighted by Crippen LogP contribution is -2.65. The van der Waals surface area contributed by atoms with Gasteiger partial charge in [-0.05, 0) is 86.3 Å². The predicted molar refractivity (Wildman–Crippen MR) is 149 cm³/mol. The number of pyridine rings is 1. The summed E-state index contributed by atoms with van der Waals surface area (Å²) in [5.41, 5.74) is -0.523. The lowest BCUT2D eigenvalue weighted by molar-refractivity contribution is -0.215. The number of amides is 1. The topological polar surface area (TPSA) is 89.9 Å². The summed E-state index contributed by atoms with van der Waals surface area (Å²) in [5, 5.41) is 8.17. The molecule has 1 amide bonds. The molecule has 8 nitrogen and oxygen atoms in total. The fraction of sp³-hybridized carbons (Fsp3) is 0.645. The van der Waals surface area contributed by atoms with Gasteiger partial charge >= 0.3 is 6.55 Å². The molecule has 11 heteroatoms. The van der Waals surface area contributed by atoms with Crippen molar-refractivity contribution in [3.63, 3.8) is 0 Å². The third-order valence-corrected chi connectivity index (χ3v) is 10.5. The van der Waals surface area contributed by atoms with Crippen molar-refractivity contribution in [1.29, 1.82) is 0 Å². The van der Waals surface area contributed by atoms with Crippen LogP contribution in [0.15, 0.2) is 35.2 Å². The molecule has 0 atom stereocenters. The number of halogens is 3. The Labute approximate surface area is 243 Å². The van der Waals surface area contributed by atoms with Crippen molar-refractivity contribution >= 4 is 11.7 Å². The van der Waals surface area contributed by atoms with E-state index in [4.69, 9.17) is 9.51 Å². The van der Waals surface area contributed by atoms with Gasteiger partial charge in [0.15, 0.2) is 5.82 Å². The highest BCUT2D eigenvalue weighted by atomic mass is 19.3. The SMILES string of the molecule is CC(C)(C)c1nc(C23CCC(CN(C(=O)CC45CC(F)(C4)C5)c4cc(-c5cnn(C(F)F)c5)ccn4)(CC2)CC3)no1. The smallest absolute Gasteiger partial charge is 0.333 e. The van der Waals surface area contributed by atoms with Gasteiger partial charge in [0.05, 0.1) is 6.20 Å². The molecule has 0 spiro atoms. The number of aromatic nitrogens is 5. The second-order valence-corrected chi connectivity index (χ2v) is 14.7. The van der Waals surface area contributed by atoms with Gasteiger partial charge in [0, 0.05) is 41.8 Å². The summed E-state index contributed by atoms with van der Waals surface area (Å²) < 4.78 is 46.9. The Hall–Kier alpha value is -3.24. The minimum Gasteiger partial charge on any atom is -0.339 e. The molecular weight excluding hydrogens is 545 g/mol. The van der Waals surface area contributed by atoms with Crippen molar-refractivity contribution in [2.24, 2.45) is 10.8 Å². The second kappa shape index (κ2) is 9.13. The maximum Gasteiger partial charge on any atom is 0.333 e. The number of rotatable bonds is 8. The molecule has 0 N–H and O–H groups in total. The minimum atomic E-state index is -2.73. The Morgan fingerprint density at radius 2 is 1.76 bits per heavy atom. The molecule has 224 valence electrons. The van der Waals surface area contributed by atoms with E-state index < -0.39 is 12.2 Å². The normalized spacial score (nSPS) is 31.6. The van der Waals surface area contributed by atoms with Crippen LogP contribution in [-0.4, -0.2) is 43.0 Å².